The highest BCUT2D eigenvalue weighted by molar-refractivity contribution is 7.91. The molecule has 0 aliphatic heterocycles. The molecule has 0 radical (unpaired) electrons. The first-order chi connectivity index (χ1) is 9.45. The highest BCUT2D eigenvalue weighted by Gasteiger charge is 2.32. The summed E-state index contributed by atoms with van der Waals surface area (Å²) in [5.74, 6) is 0.529. The lowest BCUT2D eigenvalue weighted by Crippen LogP contribution is -2.33. The number of hydrogen-bond donors (Lipinski definition) is 2. The summed E-state index contributed by atoms with van der Waals surface area (Å²) < 4.78 is 28.0. The van der Waals surface area contributed by atoms with Crippen molar-refractivity contribution in [3.05, 3.63) is 16.5 Å². The van der Waals surface area contributed by atoms with Crippen LogP contribution in [-0.2, 0) is 16.6 Å². The molecule has 0 saturated heterocycles. The summed E-state index contributed by atoms with van der Waals surface area (Å²) in [4.78, 5) is 1.14. The average Bonchev–Trinajstić information content (AvgIpc) is 3.24. The Kier molecular flexibility index (Phi) is 3.92. The molecule has 1 heterocycles. The van der Waals surface area contributed by atoms with Gasteiger partial charge in [-0.05, 0) is 57.1 Å². The molecular weight excluding hydrogens is 292 g/mol. The normalized spacial score (nSPS) is 21.1. The van der Waals surface area contributed by atoms with Gasteiger partial charge in [0.2, 0.25) is 10.0 Å². The molecule has 2 saturated carbocycles. The van der Waals surface area contributed by atoms with Crippen molar-refractivity contribution in [2.75, 3.05) is 0 Å². The number of thiophene rings is 1. The topological polar surface area (TPSA) is 58.2 Å². The fourth-order valence-electron chi connectivity index (χ4n) is 2.32. The maximum atomic E-state index is 12.4. The standard InChI is InChI=1S/C14H22N2O2S2/c1-9-7-14(19-13(9)8-15-12-5-6-12)20(17,18)16-10(2)11-3-4-11/h7,10-12,15-16H,3-6,8H2,1-2H3. The predicted molar refractivity (Wildman–Crippen MR) is 81.4 cm³/mol. The van der Waals surface area contributed by atoms with E-state index in [9.17, 15) is 8.42 Å². The number of sulfonamides is 1. The molecule has 0 bridgehead atoms. The minimum absolute atomic E-state index is 0.0513. The molecule has 2 fully saturated rings. The molecule has 0 amide bonds. The maximum absolute atomic E-state index is 12.4. The monoisotopic (exact) mass is 314 g/mol. The summed E-state index contributed by atoms with van der Waals surface area (Å²) in [6.07, 6.45) is 4.78. The molecule has 1 aromatic heterocycles. The zero-order chi connectivity index (χ0) is 14.3. The van der Waals surface area contributed by atoms with Gasteiger partial charge in [-0.1, -0.05) is 0 Å². The van der Waals surface area contributed by atoms with E-state index in [-0.39, 0.29) is 6.04 Å². The zero-order valence-corrected chi connectivity index (χ0v) is 13.6. The first kappa shape index (κ1) is 14.5. The van der Waals surface area contributed by atoms with Crippen LogP contribution in [-0.4, -0.2) is 20.5 Å². The summed E-state index contributed by atoms with van der Waals surface area (Å²) in [5.41, 5.74) is 1.07. The van der Waals surface area contributed by atoms with Gasteiger partial charge in [0.15, 0.2) is 0 Å². The largest absolute Gasteiger partial charge is 0.309 e. The van der Waals surface area contributed by atoms with Gasteiger partial charge >= 0.3 is 0 Å². The van der Waals surface area contributed by atoms with Crippen LogP contribution in [0.5, 0.6) is 0 Å². The van der Waals surface area contributed by atoms with E-state index in [1.807, 2.05) is 13.8 Å². The Morgan fingerprint density at radius 2 is 2.05 bits per heavy atom. The lowest BCUT2D eigenvalue weighted by molar-refractivity contribution is 0.539. The molecule has 112 valence electrons. The predicted octanol–water partition coefficient (Wildman–Crippen LogP) is 2.39. The highest BCUT2D eigenvalue weighted by atomic mass is 32.2. The molecule has 1 atom stereocenters. The third kappa shape index (κ3) is 3.42. The van der Waals surface area contributed by atoms with E-state index in [2.05, 4.69) is 10.0 Å². The zero-order valence-electron chi connectivity index (χ0n) is 12.0. The van der Waals surface area contributed by atoms with Gasteiger partial charge < -0.3 is 5.32 Å². The van der Waals surface area contributed by atoms with Crippen LogP contribution >= 0.6 is 11.3 Å². The second-order valence-corrected chi connectivity index (χ2v) is 9.15. The summed E-state index contributed by atoms with van der Waals surface area (Å²) in [6.45, 7) is 4.74. The molecule has 2 aliphatic rings. The quantitative estimate of drug-likeness (QED) is 0.812. The van der Waals surface area contributed by atoms with E-state index < -0.39 is 10.0 Å². The van der Waals surface area contributed by atoms with Gasteiger partial charge in [0, 0.05) is 23.5 Å². The van der Waals surface area contributed by atoms with Crippen LogP contribution in [0.15, 0.2) is 10.3 Å². The molecular formula is C14H22N2O2S2. The third-order valence-electron chi connectivity index (χ3n) is 4.06. The Bertz CT molecular complexity index is 586. The van der Waals surface area contributed by atoms with Gasteiger partial charge in [-0.25, -0.2) is 13.1 Å². The maximum Gasteiger partial charge on any atom is 0.250 e. The molecule has 3 rings (SSSR count). The fraction of sp³-hybridized carbons (Fsp3) is 0.714. The van der Waals surface area contributed by atoms with Gasteiger partial charge in [-0.3, -0.25) is 0 Å². The van der Waals surface area contributed by atoms with Crippen molar-refractivity contribution in [3.8, 4) is 0 Å². The molecule has 2 aliphatic carbocycles. The van der Waals surface area contributed by atoms with Crippen LogP contribution in [0.2, 0.25) is 0 Å². The van der Waals surface area contributed by atoms with Crippen molar-refractivity contribution in [2.24, 2.45) is 5.92 Å². The van der Waals surface area contributed by atoms with Gasteiger partial charge in [0.25, 0.3) is 0 Å². The second-order valence-electron chi connectivity index (χ2n) is 6.07. The minimum atomic E-state index is -3.35. The summed E-state index contributed by atoms with van der Waals surface area (Å²) in [6, 6.07) is 2.50. The Morgan fingerprint density at radius 3 is 2.65 bits per heavy atom. The summed E-state index contributed by atoms with van der Waals surface area (Å²) >= 11 is 1.40. The Balaban J connectivity index is 1.69. The van der Waals surface area contributed by atoms with Crippen molar-refractivity contribution in [3.63, 3.8) is 0 Å². The molecule has 1 unspecified atom stereocenters. The van der Waals surface area contributed by atoms with Crippen LogP contribution in [0.25, 0.3) is 0 Å². The van der Waals surface area contributed by atoms with E-state index in [1.54, 1.807) is 6.07 Å². The van der Waals surface area contributed by atoms with Gasteiger partial charge in [0.1, 0.15) is 4.21 Å². The SMILES string of the molecule is Cc1cc(S(=O)(=O)NC(C)C2CC2)sc1CNC1CC1. The molecule has 4 nitrogen and oxygen atoms in total. The fourth-order valence-corrected chi connectivity index (χ4v) is 5.19. The van der Waals surface area contributed by atoms with Crippen molar-refractivity contribution in [1.29, 1.82) is 0 Å². The first-order valence-corrected chi connectivity index (χ1v) is 9.60. The van der Waals surface area contributed by atoms with Crippen LogP contribution in [0.3, 0.4) is 0 Å². The van der Waals surface area contributed by atoms with E-state index in [4.69, 9.17) is 0 Å². The molecule has 0 spiro atoms. The van der Waals surface area contributed by atoms with Crippen molar-refractivity contribution in [1.82, 2.24) is 10.0 Å². The summed E-state index contributed by atoms with van der Waals surface area (Å²) in [5, 5.41) is 3.44. The number of hydrogen-bond acceptors (Lipinski definition) is 4. The second kappa shape index (κ2) is 5.40. The van der Waals surface area contributed by atoms with Crippen LogP contribution in [0.4, 0.5) is 0 Å². The van der Waals surface area contributed by atoms with Crippen molar-refractivity contribution in [2.45, 2.75) is 62.4 Å². The highest BCUT2D eigenvalue weighted by Crippen LogP contribution is 2.34. The van der Waals surface area contributed by atoms with Gasteiger partial charge in [-0.2, -0.15) is 0 Å². The van der Waals surface area contributed by atoms with E-state index in [0.717, 1.165) is 29.8 Å². The lowest BCUT2D eigenvalue weighted by atomic mass is 10.2. The molecule has 0 aromatic carbocycles. The Labute approximate surface area is 125 Å². The number of nitrogens with one attached hydrogen (secondary N) is 2. The third-order valence-corrected chi connectivity index (χ3v) is 7.33. The summed E-state index contributed by atoms with van der Waals surface area (Å²) in [7, 11) is -3.35. The van der Waals surface area contributed by atoms with Crippen LogP contribution < -0.4 is 10.0 Å². The lowest BCUT2D eigenvalue weighted by Gasteiger charge is -2.11. The molecule has 1 aromatic rings. The molecule has 20 heavy (non-hydrogen) atoms. The van der Waals surface area contributed by atoms with Crippen LogP contribution in [0.1, 0.15) is 43.0 Å². The Morgan fingerprint density at radius 1 is 1.35 bits per heavy atom. The molecule has 6 heteroatoms. The number of aryl methyl sites for hydroxylation is 1. The van der Waals surface area contributed by atoms with Gasteiger partial charge in [0.05, 0.1) is 0 Å². The van der Waals surface area contributed by atoms with Gasteiger partial charge in [-0.15, -0.1) is 11.3 Å². The van der Waals surface area contributed by atoms with E-state index in [1.165, 1.54) is 24.2 Å². The smallest absolute Gasteiger partial charge is 0.250 e. The van der Waals surface area contributed by atoms with Crippen molar-refractivity contribution >= 4 is 21.4 Å². The average molecular weight is 314 g/mol. The minimum Gasteiger partial charge on any atom is -0.309 e. The van der Waals surface area contributed by atoms with Crippen molar-refractivity contribution < 1.29 is 8.42 Å². The number of rotatable bonds is 7. The Hall–Kier alpha value is -0.430. The van der Waals surface area contributed by atoms with E-state index >= 15 is 0 Å². The van der Waals surface area contributed by atoms with E-state index in [0.29, 0.717) is 16.2 Å². The van der Waals surface area contributed by atoms with Crippen LogP contribution in [0, 0.1) is 12.8 Å². The first-order valence-electron chi connectivity index (χ1n) is 7.31. The molecule has 2 N–H and O–H groups in total.